The molecule has 2 saturated carbocycles. The van der Waals surface area contributed by atoms with Crippen molar-refractivity contribution < 1.29 is 4.79 Å². The smallest absolute Gasteiger partial charge is 0.233 e. The fourth-order valence-electron chi connectivity index (χ4n) is 2.01. The van der Waals surface area contributed by atoms with Crippen molar-refractivity contribution in [2.24, 2.45) is 11.8 Å². The lowest BCUT2D eigenvalue weighted by atomic mass is 10.2. The van der Waals surface area contributed by atoms with Crippen LogP contribution in [0.25, 0.3) is 0 Å². The molecule has 1 amide bonds. The van der Waals surface area contributed by atoms with E-state index in [0.29, 0.717) is 6.42 Å². The van der Waals surface area contributed by atoms with Gasteiger partial charge in [0.25, 0.3) is 0 Å². The molecule has 2 aliphatic rings. The molecule has 0 unspecified atom stereocenters. The van der Waals surface area contributed by atoms with E-state index in [1.54, 1.807) is 0 Å². The molecule has 0 aromatic carbocycles. The number of nitrogens with one attached hydrogen (secondary N) is 1. The van der Waals surface area contributed by atoms with Gasteiger partial charge in [-0.05, 0) is 44.6 Å². The predicted molar refractivity (Wildman–Crippen MR) is 58.9 cm³/mol. The van der Waals surface area contributed by atoms with Gasteiger partial charge in [-0.2, -0.15) is 0 Å². The molecule has 0 radical (unpaired) electrons. The van der Waals surface area contributed by atoms with Crippen LogP contribution < -0.4 is 11.3 Å². The Bertz CT molecular complexity index is 224. The van der Waals surface area contributed by atoms with Gasteiger partial charge in [-0.3, -0.25) is 10.2 Å². The number of nitrogens with two attached hydrogens (primary N) is 1. The first-order valence-corrected chi connectivity index (χ1v) is 6.03. The lowest BCUT2D eigenvalue weighted by Crippen LogP contribution is -2.33. The van der Waals surface area contributed by atoms with Gasteiger partial charge >= 0.3 is 0 Å². The molecule has 4 heteroatoms. The van der Waals surface area contributed by atoms with Crippen molar-refractivity contribution in [2.75, 3.05) is 13.1 Å². The van der Waals surface area contributed by atoms with Crippen molar-refractivity contribution in [2.45, 2.75) is 44.6 Å². The molecule has 4 nitrogen and oxygen atoms in total. The van der Waals surface area contributed by atoms with Crippen LogP contribution in [0.3, 0.4) is 0 Å². The first-order chi connectivity index (χ1) is 7.29. The van der Waals surface area contributed by atoms with E-state index in [9.17, 15) is 4.79 Å². The standard InChI is InChI=1S/C11H21N3O/c12-13-11(15)2-1-7-14(10-5-6-10)8-9-3-4-9/h9-10H,1-8,12H2,(H,13,15). The SMILES string of the molecule is NNC(=O)CCCN(CC1CC1)C1CC1. The van der Waals surface area contributed by atoms with Crippen molar-refractivity contribution in [3.63, 3.8) is 0 Å². The van der Waals surface area contributed by atoms with Gasteiger partial charge in [-0.1, -0.05) is 0 Å². The molecule has 2 aliphatic carbocycles. The Morgan fingerprint density at radius 1 is 1.33 bits per heavy atom. The highest BCUT2D eigenvalue weighted by atomic mass is 16.2. The maximum Gasteiger partial charge on any atom is 0.233 e. The summed E-state index contributed by atoms with van der Waals surface area (Å²) in [5, 5.41) is 0. The van der Waals surface area contributed by atoms with Crippen LogP contribution in [-0.4, -0.2) is 29.9 Å². The highest BCUT2D eigenvalue weighted by molar-refractivity contribution is 5.75. The van der Waals surface area contributed by atoms with E-state index < -0.39 is 0 Å². The zero-order chi connectivity index (χ0) is 10.7. The van der Waals surface area contributed by atoms with Crippen molar-refractivity contribution >= 4 is 5.91 Å². The minimum atomic E-state index is -0.0443. The normalized spacial score (nSPS) is 20.7. The summed E-state index contributed by atoms with van der Waals surface area (Å²) in [6.45, 7) is 2.32. The number of rotatable bonds is 7. The minimum Gasteiger partial charge on any atom is -0.300 e. The summed E-state index contributed by atoms with van der Waals surface area (Å²) >= 11 is 0. The van der Waals surface area contributed by atoms with Crippen LogP contribution in [0.5, 0.6) is 0 Å². The molecule has 2 fully saturated rings. The van der Waals surface area contributed by atoms with Gasteiger partial charge in [0.1, 0.15) is 0 Å². The van der Waals surface area contributed by atoms with Crippen molar-refractivity contribution in [1.29, 1.82) is 0 Å². The van der Waals surface area contributed by atoms with E-state index in [2.05, 4.69) is 10.3 Å². The Hall–Kier alpha value is -0.610. The number of hydrogen-bond acceptors (Lipinski definition) is 3. The highest BCUT2D eigenvalue weighted by Crippen LogP contribution is 2.34. The second-order valence-electron chi connectivity index (χ2n) is 4.84. The van der Waals surface area contributed by atoms with Crippen molar-refractivity contribution in [3.05, 3.63) is 0 Å². The van der Waals surface area contributed by atoms with Gasteiger partial charge in [-0.25, -0.2) is 5.84 Å². The molecular weight excluding hydrogens is 190 g/mol. The lowest BCUT2D eigenvalue weighted by Gasteiger charge is -2.21. The molecule has 15 heavy (non-hydrogen) atoms. The van der Waals surface area contributed by atoms with E-state index in [1.165, 1.54) is 32.2 Å². The lowest BCUT2D eigenvalue weighted by molar-refractivity contribution is -0.121. The monoisotopic (exact) mass is 211 g/mol. The molecule has 0 aromatic rings. The number of carbonyl (C=O) groups is 1. The Morgan fingerprint density at radius 3 is 2.60 bits per heavy atom. The van der Waals surface area contributed by atoms with Gasteiger partial charge in [0.15, 0.2) is 0 Å². The third kappa shape index (κ3) is 3.80. The summed E-state index contributed by atoms with van der Waals surface area (Å²) in [7, 11) is 0. The Labute approximate surface area is 91.2 Å². The number of carbonyl (C=O) groups excluding carboxylic acids is 1. The fraction of sp³-hybridized carbons (Fsp3) is 0.909. The van der Waals surface area contributed by atoms with E-state index in [-0.39, 0.29) is 5.91 Å². The highest BCUT2D eigenvalue weighted by Gasteiger charge is 2.33. The van der Waals surface area contributed by atoms with Gasteiger partial charge in [-0.15, -0.1) is 0 Å². The summed E-state index contributed by atoms with van der Waals surface area (Å²) in [6.07, 6.45) is 7.03. The van der Waals surface area contributed by atoms with Gasteiger partial charge in [0.05, 0.1) is 0 Å². The molecule has 86 valence electrons. The molecule has 0 heterocycles. The number of hydrazine groups is 1. The Kier molecular flexibility index (Phi) is 3.59. The third-order valence-electron chi connectivity index (χ3n) is 3.26. The summed E-state index contributed by atoms with van der Waals surface area (Å²) in [5.41, 5.74) is 2.18. The molecule has 3 N–H and O–H groups in total. The average Bonchev–Trinajstić information content (AvgIpc) is 3.07. The largest absolute Gasteiger partial charge is 0.300 e. The van der Waals surface area contributed by atoms with Gasteiger partial charge < -0.3 is 4.90 Å². The second-order valence-corrected chi connectivity index (χ2v) is 4.84. The molecule has 0 saturated heterocycles. The predicted octanol–water partition coefficient (Wildman–Crippen LogP) is 0.631. The van der Waals surface area contributed by atoms with Gasteiger partial charge in [0.2, 0.25) is 5.91 Å². The van der Waals surface area contributed by atoms with Crippen LogP contribution in [-0.2, 0) is 4.79 Å². The summed E-state index contributed by atoms with van der Waals surface area (Å²) in [6, 6.07) is 0.825. The third-order valence-corrected chi connectivity index (χ3v) is 3.26. The molecule has 0 atom stereocenters. The second kappa shape index (κ2) is 4.94. The Balaban J connectivity index is 1.62. The van der Waals surface area contributed by atoms with E-state index in [1.807, 2.05) is 0 Å². The molecule has 0 bridgehead atoms. The minimum absolute atomic E-state index is 0.0443. The Morgan fingerprint density at radius 2 is 2.07 bits per heavy atom. The number of nitrogens with zero attached hydrogens (tertiary/aromatic N) is 1. The zero-order valence-electron chi connectivity index (χ0n) is 9.24. The van der Waals surface area contributed by atoms with Crippen molar-refractivity contribution in [3.8, 4) is 0 Å². The first kappa shape index (κ1) is 10.9. The topological polar surface area (TPSA) is 58.4 Å². The quantitative estimate of drug-likeness (QED) is 0.369. The maximum atomic E-state index is 11.0. The van der Waals surface area contributed by atoms with E-state index in [0.717, 1.165) is 24.9 Å². The summed E-state index contributed by atoms with van der Waals surface area (Å²) in [4.78, 5) is 13.5. The van der Waals surface area contributed by atoms with E-state index >= 15 is 0 Å². The van der Waals surface area contributed by atoms with Crippen LogP contribution in [0.4, 0.5) is 0 Å². The van der Waals surface area contributed by atoms with Crippen LogP contribution in [0.15, 0.2) is 0 Å². The van der Waals surface area contributed by atoms with Crippen LogP contribution >= 0.6 is 0 Å². The molecule has 2 rings (SSSR count). The van der Waals surface area contributed by atoms with E-state index in [4.69, 9.17) is 5.84 Å². The molecular formula is C11H21N3O. The zero-order valence-corrected chi connectivity index (χ0v) is 9.24. The van der Waals surface area contributed by atoms with Crippen LogP contribution in [0.1, 0.15) is 38.5 Å². The first-order valence-electron chi connectivity index (χ1n) is 6.03. The average molecular weight is 211 g/mol. The molecule has 0 spiro atoms. The van der Waals surface area contributed by atoms with Crippen molar-refractivity contribution in [1.82, 2.24) is 10.3 Å². The van der Waals surface area contributed by atoms with Crippen LogP contribution in [0, 0.1) is 5.92 Å². The fourth-order valence-corrected chi connectivity index (χ4v) is 2.01. The molecule has 0 aliphatic heterocycles. The van der Waals surface area contributed by atoms with Crippen LogP contribution in [0.2, 0.25) is 0 Å². The maximum absolute atomic E-state index is 11.0. The summed E-state index contributed by atoms with van der Waals surface area (Å²) in [5.74, 6) is 5.95. The summed E-state index contributed by atoms with van der Waals surface area (Å²) < 4.78 is 0. The molecule has 0 aromatic heterocycles. The number of hydrogen-bond donors (Lipinski definition) is 2. The van der Waals surface area contributed by atoms with Gasteiger partial charge in [0, 0.05) is 19.0 Å². The number of amides is 1.